The van der Waals surface area contributed by atoms with Gasteiger partial charge in [-0.2, -0.15) is 0 Å². The average Bonchev–Trinajstić information content (AvgIpc) is 3.31. The van der Waals surface area contributed by atoms with Crippen molar-refractivity contribution >= 4 is 11.8 Å². The standard InChI is InChI=1S/C21H20N4O4/c1-12-6-7-15(19(22)26)23-18(12)14-5-3-4-13(10-14)16-11-17(29-24-16)21(28)8-9-25(2)20(21)27/h3-7,10-11,28H,8-9H2,1-2H3,(H2,22,26). The van der Waals surface area contributed by atoms with Crippen LogP contribution in [0.25, 0.3) is 22.5 Å². The zero-order valence-corrected chi connectivity index (χ0v) is 16.0. The molecule has 1 unspecified atom stereocenters. The third kappa shape index (κ3) is 3.17. The summed E-state index contributed by atoms with van der Waals surface area (Å²) in [5.41, 5.74) is 7.37. The largest absolute Gasteiger partial charge is 0.373 e. The van der Waals surface area contributed by atoms with Gasteiger partial charge < -0.3 is 20.3 Å². The highest BCUT2D eigenvalue weighted by atomic mass is 16.5. The van der Waals surface area contributed by atoms with E-state index in [1.54, 1.807) is 25.2 Å². The maximum Gasteiger partial charge on any atom is 0.267 e. The number of nitrogens with two attached hydrogens (primary N) is 1. The summed E-state index contributed by atoms with van der Waals surface area (Å²) in [6.07, 6.45) is 0.250. The van der Waals surface area contributed by atoms with Crippen molar-refractivity contribution in [2.45, 2.75) is 18.9 Å². The summed E-state index contributed by atoms with van der Waals surface area (Å²) in [4.78, 5) is 29.6. The van der Waals surface area contributed by atoms with Crippen LogP contribution in [0.4, 0.5) is 0 Å². The van der Waals surface area contributed by atoms with Gasteiger partial charge >= 0.3 is 0 Å². The number of likely N-dealkylation sites (N-methyl/N-ethyl adjacent to an activating group) is 1. The SMILES string of the molecule is Cc1ccc(C(N)=O)nc1-c1cccc(-c2cc(C3(O)CCN(C)C3=O)on2)c1. The van der Waals surface area contributed by atoms with Gasteiger partial charge in [-0.25, -0.2) is 4.98 Å². The van der Waals surface area contributed by atoms with Crippen LogP contribution in [-0.2, 0) is 10.4 Å². The zero-order valence-electron chi connectivity index (χ0n) is 16.0. The summed E-state index contributed by atoms with van der Waals surface area (Å²) in [6, 6.07) is 12.4. The molecule has 8 nitrogen and oxygen atoms in total. The molecule has 0 saturated carbocycles. The van der Waals surface area contributed by atoms with E-state index in [1.807, 2.05) is 31.2 Å². The van der Waals surface area contributed by atoms with Crippen LogP contribution in [0.1, 0.15) is 28.2 Å². The van der Waals surface area contributed by atoms with Gasteiger partial charge in [0, 0.05) is 37.2 Å². The normalized spacial score (nSPS) is 19.0. The highest BCUT2D eigenvalue weighted by molar-refractivity contribution is 5.91. The van der Waals surface area contributed by atoms with Crippen LogP contribution in [0, 0.1) is 6.92 Å². The molecule has 1 saturated heterocycles. The van der Waals surface area contributed by atoms with E-state index in [0.29, 0.717) is 17.9 Å². The maximum absolute atomic E-state index is 12.3. The lowest BCUT2D eigenvalue weighted by atomic mass is 9.97. The number of aryl methyl sites for hydroxylation is 1. The first-order valence-corrected chi connectivity index (χ1v) is 9.13. The molecule has 2 aromatic heterocycles. The molecular formula is C21H20N4O4. The Morgan fingerprint density at radius 2 is 2.00 bits per heavy atom. The molecule has 1 aliphatic rings. The third-order valence-corrected chi connectivity index (χ3v) is 5.21. The van der Waals surface area contributed by atoms with Crippen LogP contribution in [0.2, 0.25) is 0 Å². The number of hydrogen-bond donors (Lipinski definition) is 2. The number of amides is 2. The van der Waals surface area contributed by atoms with E-state index in [-0.39, 0.29) is 17.9 Å². The quantitative estimate of drug-likeness (QED) is 0.699. The Balaban J connectivity index is 1.71. The number of carbonyl (C=O) groups excluding carboxylic acids is 2. The molecule has 3 heterocycles. The molecule has 1 atom stereocenters. The van der Waals surface area contributed by atoms with Crippen molar-refractivity contribution in [1.29, 1.82) is 0 Å². The van der Waals surface area contributed by atoms with Crippen LogP contribution < -0.4 is 5.73 Å². The van der Waals surface area contributed by atoms with Crippen LogP contribution >= 0.6 is 0 Å². The number of primary amides is 1. The third-order valence-electron chi connectivity index (χ3n) is 5.21. The second-order valence-corrected chi connectivity index (χ2v) is 7.22. The number of pyridine rings is 1. The molecule has 1 aliphatic heterocycles. The van der Waals surface area contributed by atoms with E-state index in [2.05, 4.69) is 10.1 Å². The molecule has 1 fully saturated rings. The minimum Gasteiger partial charge on any atom is -0.373 e. The Bertz CT molecular complexity index is 1120. The number of aromatic nitrogens is 2. The number of nitrogens with zero attached hydrogens (tertiary/aromatic N) is 3. The van der Waals surface area contributed by atoms with Gasteiger partial charge in [0.05, 0.1) is 5.69 Å². The number of aliphatic hydroxyl groups is 1. The molecule has 0 bridgehead atoms. The monoisotopic (exact) mass is 392 g/mol. The van der Waals surface area contributed by atoms with Gasteiger partial charge in [0.15, 0.2) is 5.76 Å². The Labute approximate surface area is 166 Å². The summed E-state index contributed by atoms with van der Waals surface area (Å²) in [5, 5.41) is 14.8. The second-order valence-electron chi connectivity index (χ2n) is 7.22. The number of hydrogen-bond acceptors (Lipinski definition) is 6. The molecule has 8 heteroatoms. The lowest BCUT2D eigenvalue weighted by Gasteiger charge is -2.16. The highest BCUT2D eigenvalue weighted by Crippen LogP contribution is 2.35. The fraction of sp³-hybridized carbons (Fsp3) is 0.238. The lowest BCUT2D eigenvalue weighted by molar-refractivity contribution is -0.144. The van der Waals surface area contributed by atoms with Gasteiger partial charge in [-0.15, -0.1) is 0 Å². The first-order chi connectivity index (χ1) is 13.8. The van der Waals surface area contributed by atoms with E-state index in [9.17, 15) is 14.7 Å². The number of carbonyl (C=O) groups is 2. The van der Waals surface area contributed by atoms with Crippen molar-refractivity contribution in [2.75, 3.05) is 13.6 Å². The molecule has 3 aromatic rings. The van der Waals surface area contributed by atoms with Crippen molar-refractivity contribution in [3.8, 4) is 22.5 Å². The Morgan fingerprint density at radius 3 is 2.69 bits per heavy atom. The fourth-order valence-electron chi connectivity index (χ4n) is 3.47. The minimum absolute atomic E-state index is 0.122. The van der Waals surface area contributed by atoms with Crippen molar-refractivity contribution in [2.24, 2.45) is 5.73 Å². The summed E-state index contributed by atoms with van der Waals surface area (Å²) in [5.74, 6) is -0.877. The fourth-order valence-corrected chi connectivity index (χ4v) is 3.47. The number of likely N-dealkylation sites (tertiary alicyclic amines) is 1. The smallest absolute Gasteiger partial charge is 0.267 e. The lowest BCUT2D eigenvalue weighted by Crippen LogP contribution is -2.35. The zero-order chi connectivity index (χ0) is 20.8. The number of rotatable bonds is 4. The van der Waals surface area contributed by atoms with Crippen molar-refractivity contribution in [1.82, 2.24) is 15.0 Å². The first kappa shape index (κ1) is 18.8. The maximum atomic E-state index is 12.3. The van der Waals surface area contributed by atoms with Crippen molar-refractivity contribution < 1.29 is 19.2 Å². The average molecular weight is 392 g/mol. The summed E-state index contributed by atoms with van der Waals surface area (Å²) < 4.78 is 5.32. The van der Waals surface area contributed by atoms with Gasteiger partial charge in [0.25, 0.3) is 11.8 Å². The molecule has 148 valence electrons. The summed E-state index contributed by atoms with van der Waals surface area (Å²) >= 11 is 0. The predicted octanol–water partition coefficient (Wildman–Crippen LogP) is 1.86. The first-order valence-electron chi connectivity index (χ1n) is 9.13. The minimum atomic E-state index is -1.69. The molecule has 29 heavy (non-hydrogen) atoms. The molecule has 2 amide bonds. The highest BCUT2D eigenvalue weighted by Gasteiger charge is 2.48. The molecule has 1 aromatic carbocycles. The number of benzene rings is 1. The van der Waals surface area contributed by atoms with E-state index in [4.69, 9.17) is 10.3 Å². The van der Waals surface area contributed by atoms with E-state index in [1.165, 1.54) is 4.90 Å². The Hall–Kier alpha value is -3.52. The Morgan fingerprint density at radius 1 is 1.24 bits per heavy atom. The van der Waals surface area contributed by atoms with Gasteiger partial charge in [-0.3, -0.25) is 9.59 Å². The molecule has 0 radical (unpaired) electrons. The van der Waals surface area contributed by atoms with Crippen molar-refractivity contribution in [3.05, 3.63) is 59.5 Å². The summed E-state index contributed by atoms with van der Waals surface area (Å²) in [7, 11) is 1.64. The van der Waals surface area contributed by atoms with Gasteiger partial charge in [-0.05, 0) is 24.6 Å². The van der Waals surface area contributed by atoms with Crippen LogP contribution in [0.3, 0.4) is 0 Å². The predicted molar refractivity (Wildman–Crippen MR) is 105 cm³/mol. The Kier molecular flexibility index (Phi) is 4.43. The molecule has 4 rings (SSSR count). The molecule has 0 aliphatic carbocycles. The summed E-state index contributed by atoms with van der Waals surface area (Å²) in [6.45, 7) is 2.34. The van der Waals surface area contributed by atoms with Crippen molar-refractivity contribution in [3.63, 3.8) is 0 Å². The van der Waals surface area contributed by atoms with E-state index < -0.39 is 17.4 Å². The van der Waals surface area contributed by atoms with Gasteiger partial charge in [0.2, 0.25) is 5.60 Å². The molecule has 0 spiro atoms. The van der Waals surface area contributed by atoms with Crippen LogP contribution in [-0.4, -0.2) is 45.6 Å². The van der Waals surface area contributed by atoms with Gasteiger partial charge in [-0.1, -0.05) is 29.4 Å². The second kappa shape index (κ2) is 6.82. The van der Waals surface area contributed by atoms with E-state index >= 15 is 0 Å². The molecular weight excluding hydrogens is 372 g/mol. The van der Waals surface area contributed by atoms with Crippen LogP contribution in [0.15, 0.2) is 47.0 Å². The topological polar surface area (TPSA) is 123 Å². The van der Waals surface area contributed by atoms with E-state index in [0.717, 1.165) is 16.7 Å². The molecule has 3 N–H and O–H groups in total. The van der Waals surface area contributed by atoms with Crippen LogP contribution in [0.5, 0.6) is 0 Å². The van der Waals surface area contributed by atoms with Gasteiger partial charge in [0.1, 0.15) is 11.4 Å².